The van der Waals surface area contributed by atoms with Crippen LogP contribution in [0, 0.1) is 11.3 Å². The van der Waals surface area contributed by atoms with Crippen LogP contribution in [0.25, 0.3) is 6.08 Å². The average molecular weight is 429 g/mol. The van der Waals surface area contributed by atoms with Gasteiger partial charge in [0.25, 0.3) is 5.91 Å². The number of methoxy groups -OCH3 is 2. The Kier molecular flexibility index (Phi) is 7.84. The molecule has 30 heavy (non-hydrogen) atoms. The van der Waals surface area contributed by atoms with Crippen LogP contribution in [-0.4, -0.2) is 26.1 Å². The zero-order chi connectivity index (χ0) is 22.3. The van der Waals surface area contributed by atoms with Crippen molar-refractivity contribution in [3.63, 3.8) is 0 Å². The van der Waals surface area contributed by atoms with Gasteiger partial charge in [0.15, 0.2) is 11.5 Å². The third kappa shape index (κ3) is 5.52. The van der Waals surface area contributed by atoms with Crippen LogP contribution in [0.5, 0.6) is 17.2 Å². The lowest BCUT2D eigenvalue weighted by Crippen LogP contribution is -2.27. The standard InChI is InChI=1S/C22H21ClN2O5/c1-13(17-7-5-6-8-18(17)23)25-22(27)16(12-24)9-15-10-19(28-3)21(30-14(2)26)20(11-15)29-4/h5-11,13H,1-4H3,(H,25,27)/t13-/m0/s1. The number of hydrogen-bond donors (Lipinski definition) is 1. The molecule has 2 rings (SSSR count). The number of nitriles is 1. The second kappa shape index (κ2) is 10.3. The van der Waals surface area contributed by atoms with Gasteiger partial charge >= 0.3 is 5.97 Å². The van der Waals surface area contributed by atoms with E-state index in [2.05, 4.69) is 5.32 Å². The lowest BCUT2D eigenvalue weighted by Gasteiger charge is -2.16. The molecule has 2 aromatic rings. The summed E-state index contributed by atoms with van der Waals surface area (Å²) in [6.45, 7) is 3.03. The summed E-state index contributed by atoms with van der Waals surface area (Å²) in [4.78, 5) is 24.0. The van der Waals surface area contributed by atoms with Crippen LogP contribution in [0.2, 0.25) is 5.02 Å². The molecule has 8 heteroatoms. The highest BCUT2D eigenvalue weighted by Gasteiger charge is 2.18. The Balaban J connectivity index is 2.35. The molecule has 0 fully saturated rings. The van der Waals surface area contributed by atoms with Crippen LogP contribution < -0.4 is 19.5 Å². The number of nitrogens with zero attached hydrogens (tertiary/aromatic N) is 1. The Hall–Kier alpha value is -3.50. The number of rotatable bonds is 7. The largest absolute Gasteiger partial charge is 0.493 e. The van der Waals surface area contributed by atoms with E-state index in [-0.39, 0.29) is 22.8 Å². The molecule has 0 aliphatic carbocycles. The molecule has 0 radical (unpaired) electrons. The van der Waals surface area contributed by atoms with Crippen molar-refractivity contribution >= 4 is 29.6 Å². The van der Waals surface area contributed by atoms with Crippen molar-refractivity contribution in [2.45, 2.75) is 19.9 Å². The fourth-order valence-electron chi connectivity index (χ4n) is 2.72. The van der Waals surface area contributed by atoms with E-state index in [4.69, 9.17) is 25.8 Å². The van der Waals surface area contributed by atoms with Gasteiger partial charge in [-0.05, 0) is 42.3 Å². The van der Waals surface area contributed by atoms with Gasteiger partial charge < -0.3 is 19.5 Å². The number of amides is 1. The van der Waals surface area contributed by atoms with E-state index in [1.165, 1.54) is 39.4 Å². The minimum atomic E-state index is -0.563. The van der Waals surface area contributed by atoms with Crippen LogP contribution in [0.15, 0.2) is 42.0 Å². The Morgan fingerprint density at radius 1 is 1.17 bits per heavy atom. The van der Waals surface area contributed by atoms with Gasteiger partial charge in [-0.25, -0.2) is 0 Å². The predicted molar refractivity (Wildman–Crippen MR) is 112 cm³/mol. The fraction of sp³-hybridized carbons (Fsp3) is 0.227. The molecule has 0 aromatic heterocycles. The minimum Gasteiger partial charge on any atom is -0.493 e. The van der Waals surface area contributed by atoms with Gasteiger partial charge in [-0.1, -0.05) is 29.8 Å². The molecule has 1 atom stereocenters. The molecule has 0 unspecified atom stereocenters. The van der Waals surface area contributed by atoms with Crippen LogP contribution in [-0.2, 0) is 9.59 Å². The Labute approximate surface area is 179 Å². The van der Waals surface area contributed by atoms with Crippen molar-refractivity contribution < 1.29 is 23.8 Å². The predicted octanol–water partition coefficient (Wildman–Crippen LogP) is 4.07. The summed E-state index contributed by atoms with van der Waals surface area (Å²) in [6.07, 6.45) is 1.39. The van der Waals surface area contributed by atoms with E-state index >= 15 is 0 Å². The van der Waals surface area contributed by atoms with Gasteiger partial charge in [0, 0.05) is 11.9 Å². The number of hydrogen-bond acceptors (Lipinski definition) is 6. The number of benzene rings is 2. The maximum Gasteiger partial charge on any atom is 0.308 e. The van der Waals surface area contributed by atoms with E-state index in [1.54, 1.807) is 25.1 Å². The average Bonchev–Trinajstić information content (AvgIpc) is 2.72. The SMILES string of the molecule is COc1cc(C=C(C#N)C(=O)N[C@@H](C)c2ccccc2Cl)cc(OC)c1OC(C)=O. The van der Waals surface area contributed by atoms with Crippen molar-refractivity contribution in [2.75, 3.05) is 14.2 Å². The summed E-state index contributed by atoms with van der Waals surface area (Å²) in [5, 5.41) is 12.8. The lowest BCUT2D eigenvalue weighted by molar-refractivity contribution is -0.132. The summed E-state index contributed by atoms with van der Waals surface area (Å²) >= 11 is 6.17. The number of carbonyl (C=O) groups excluding carboxylic acids is 2. The van der Waals surface area contributed by atoms with Gasteiger partial charge in [0.1, 0.15) is 11.6 Å². The Morgan fingerprint density at radius 3 is 2.27 bits per heavy atom. The number of carbonyl (C=O) groups is 2. The minimum absolute atomic E-state index is 0.111. The zero-order valence-electron chi connectivity index (χ0n) is 17.0. The lowest BCUT2D eigenvalue weighted by atomic mass is 10.1. The Bertz CT molecular complexity index is 1000. The first-order valence-corrected chi connectivity index (χ1v) is 9.30. The fourth-order valence-corrected chi connectivity index (χ4v) is 3.02. The van der Waals surface area contributed by atoms with Crippen molar-refractivity contribution in [3.05, 3.63) is 58.1 Å². The molecule has 1 N–H and O–H groups in total. The van der Waals surface area contributed by atoms with E-state index in [0.717, 1.165) is 5.56 Å². The van der Waals surface area contributed by atoms with E-state index in [1.807, 2.05) is 12.1 Å². The highest BCUT2D eigenvalue weighted by Crippen LogP contribution is 2.39. The molecule has 0 saturated heterocycles. The van der Waals surface area contributed by atoms with Crippen LogP contribution >= 0.6 is 11.6 Å². The van der Waals surface area contributed by atoms with Gasteiger partial charge in [0.2, 0.25) is 5.75 Å². The number of ether oxygens (including phenoxy) is 3. The third-order valence-electron chi connectivity index (χ3n) is 4.12. The summed E-state index contributed by atoms with van der Waals surface area (Å²) in [6, 6.07) is 11.7. The van der Waals surface area contributed by atoms with Crippen molar-refractivity contribution in [2.24, 2.45) is 0 Å². The van der Waals surface area contributed by atoms with E-state index < -0.39 is 17.9 Å². The molecule has 0 saturated carbocycles. The van der Waals surface area contributed by atoms with Crippen LogP contribution in [0.3, 0.4) is 0 Å². The smallest absolute Gasteiger partial charge is 0.308 e. The summed E-state index contributed by atoms with van der Waals surface area (Å²) in [7, 11) is 2.80. The number of halogens is 1. The molecule has 0 bridgehead atoms. The molecule has 156 valence electrons. The highest BCUT2D eigenvalue weighted by atomic mass is 35.5. The first-order chi connectivity index (χ1) is 14.3. The number of esters is 1. The summed E-state index contributed by atoms with van der Waals surface area (Å²) in [5.41, 5.74) is 1.06. The van der Waals surface area contributed by atoms with Gasteiger partial charge in [-0.3, -0.25) is 9.59 Å². The monoisotopic (exact) mass is 428 g/mol. The molecule has 2 aromatic carbocycles. The van der Waals surface area contributed by atoms with Gasteiger partial charge in [-0.2, -0.15) is 5.26 Å². The molecule has 7 nitrogen and oxygen atoms in total. The third-order valence-corrected chi connectivity index (χ3v) is 4.47. The first-order valence-electron chi connectivity index (χ1n) is 8.92. The summed E-state index contributed by atoms with van der Waals surface area (Å²) < 4.78 is 15.7. The molecule has 0 aliphatic rings. The van der Waals surface area contributed by atoms with Gasteiger partial charge in [-0.15, -0.1) is 0 Å². The van der Waals surface area contributed by atoms with Crippen molar-refractivity contribution in [3.8, 4) is 23.3 Å². The van der Waals surface area contributed by atoms with E-state index in [9.17, 15) is 14.9 Å². The van der Waals surface area contributed by atoms with Crippen LogP contribution in [0.1, 0.15) is 31.0 Å². The highest BCUT2D eigenvalue weighted by molar-refractivity contribution is 6.31. The maximum absolute atomic E-state index is 12.6. The molecule has 0 heterocycles. The number of nitrogens with one attached hydrogen (secondary N) is 1. The van der Waals surface area contributed by atoms with E-state index in [0.29, 0.717) is 10.6 Å². The quantitative estimate of drug-likeness (QED) is 0.309. The summed E-state index contributed by atoms with van der Waals surface area (Å²) in [5.74, 6) is -0.553. The molecular formula is C22H21ClN2O5. The van der Waals surface area contributed by atoms with Crippen molar-refractivity contribution in [1.82, 2.24) is 5.32 Å². The zero-order valence-corrected chi connectivity index (χ0v) is 17.7. The van der Waals surface area contributed by atoms with Gasteiger partial charge in [0.05, 0.1) is 20.3 Å². The Morgan fingerprint density at radius 2 is 1.77 bits per heavy atom. The normalized spacial score (nSPS) is 11.8. The molecular weight excluding hydrogens is 408 g/mol. The molecule has 1 amide bonds. The topological polar surface area (TPSA) is 97.7 Å². The second-order valence-corrected chi connectivity index (χ2v) is 6.64. The second-order valence-electron chi connectivity index (χ2n) is 6.23. The molecule has 0 aliphatic heterocycles. The molecule has 0 spiro atoms. The van der Waals surface area contributed by atoms with Crippen LogP contribution in [0.4, 0.5) is 0 Å². The maximum atomic E-state index is 12.6. The van der Waals surface area contributed by atoms with Crippen molar-refractivity contribution in [1.29, 1.82) is 5.26 Å². The first kappa shape index (κ1) is 22.8.